The van der Waals surface area contributed by atoms with E-state index in [0.29, 0.717) is 26.3 Å². The molecule has 0 bridgehead atoms. The Balaban J connectivity index is 1.73. The summed E-state index contributed by atoms with van der Waals surface area (Å²) in [7, 11) is 0. The van der Waals surface area contributed by atoms with E-state index in [2.05, 4.69) is 16.0 Å². The summed E-state index contributed by atoms with van der Waals surface area (Å²) in [5.74, 6) is 0. The van der Waals surface area contributed by atoms with E-state index in [9.17, 15) is 5.26 Å². The summed E-state index contributed by atoms with van der Waals surface area (Å²) in [5, 5.41) is 14.2. The molecule has 0 saturated heterocycles. The van der Waals surface area contributed by atoms with E-state index >= 15 is 0 Å². The quantitative estimate of drug-likeness (QED) is 0.263. The molecule has 28 heavy (non-hydrogen) atoms. The van der Waals surface area contributed by atoms with Crippen molar-refractivity contribution in [3.05, 3.63) is 80.2 Å². The lowest BCUT2D eigenvalue weighted by atomic mass is 10.1. The minimum atomic E-state index is 0.361. The molecule has 136 valence electrons. The van der Waals surface area contributed by atoms with Gasteiger partial charge in [-0.15, -0.1) is 11.3 Å². The van der Waals surface area contributed by atoms with Crippen molar-refractivity contribution in [2.75, 3.05) is 0 Å². The summed E-state index contributed by atoms with van der Waals surface area (Å²) in [4.78, 5) is 9.06. The molecule has 0 aliphatic heterocycles. The Labute approximate surface area is 176 Å². The summed E-state index contributed by atoms with van der Waals surface area (Å²) in [6.07, 6.45) is 1.74. The molecule has 2 heterocycles. The Hall–Kier alpha value is -2.71. The second kappa shape index (κ2) is 7.73. The smallest absolute Gasteiger partial charge is 0.137 e. The molecule has 0 N–H and O–H groups in total. The van der Waals surface area contributed by atoms with Gasteiger partial charge in [0.1, 0.15) is 16.2 Å². The molecule has 0 radical (unpaired) electrons. The number of nitriles is 1. The van der Waals surface area contributed by atoms with Gasteiger partial charge in [-0.05, 0) is 42.8 Å². The summed E-state index contributed by atoms with van der Waals surface area (Å²) >= 11 is 13.7. The largest absolute Gasteiger partial charge is 0.235 e. The topological polar surface area (TPSA) is 49.6 Å². The molecule has 0 spiro atoms. The van der Waals surface area contributed by atoms with Crippen molar-refractivity contribution < 1.29 is 0 Å². The number of rotatable bonds is 3. The Morgan fingerprint density at radius 1 is 1.07 bits per heavy atom. The summed E-state index contributed by atoms with van der Waals surface area (Å²) in [6.45, 7) is 2.01. The molecule has 2 aromatic heterocycles. The molecule has 2 aromatic carbocycles. The van der Waals surface area contributed by atoms with Crippen LogP contribution in [0.15, 0.2) is 53.9 Å². The average Bonchev–Trinajstić information content (AvgIpc) is 3.17. The van der Waals surface area contributed by atoms with Crippen molar-refractivity contribution in [1.29, 1.82) is 5.26 Å². The van der Waals surface area contributed by atoms with E-state index in [0.717, 1.165) is 27.7 Å². The van der Waals surface area contributed by atoms with E-state index in [1.165, 1.54) is 11.3 Å². The van der Waals surface area contributed by atoms with E-state index in [1.54, 1.807) is 6.08 Å². The first-order valence-electron chi connectivity index (χ1n) is 8.44. The third-order valence-corrected chi connectivity index (χ3v) is 5.68. The monoisotopic (exact) mass is 421 g/mol. The number of aromatic nitrogens is 2. The van der Waals surface area contributed by atoms with Gasteiger partial charge in [-0.1, -0.05) is 47.5 Å². The first kappa shape index (κ1) is 18.6. The maximum Gasteiger partial charge on any atom is 0.137 e. The highest BCUT2D eigenvalue weighted by molar-refractivity contribution is 7.11. The maximum absolute atomic E-state index is 9.66. The van der Waals surface area contributed by atoms with Crippen LogP contribution in [-0.2, 0) is 0 Å². The Kier molecular flexibility index (Phi) is 5.15. The highest BCUT2D eigenvalue weighted by atomic mass is 35.5. The van der Waals surface area contributed by atoms with E-state index in [-0.39, 0.29) is 0 Å². The predicted octanol–water partition coefficient (Wildman–Crippen LogP) is 7.04. The first-order chi connectivity index (χ1) is 13.5. The number of benzene rings is 2. The van der Waals surface area contributed by atoms with Crippen molar-refractivity contribution in [2.24, 2.45) is 0 Å². The molecule has 4 aromatic rings. The fourth-order valence-electron chi connectivity index (χ4n) is 2.82. The minimum Gasteiger partial charge on any atom is -0.235 e. The van der Waals surface area contributed by atoms with Crippen LogP contribution >= 0.6 is 34.5 Å². The Bertz CT molecular complexity index is 1250. The van der Waals surface area contributed by atoms with Gasteiger partial charge >= 0.3 is 0 Å². The number of fused-ring (bicyclic) bond motifs is 1. The van der Waals surface area contributed by atoms with Gasteiger partial charge in [-0.3, -0.25) is 0 Å². The van der Waals surface area contributed by atoms with Crippen LogP contribution in [0.1, 0.15) is 16.1 Å². The van der Waals surface area contributed by atoms with Crippen molar-refractivity contribution in [1.82, 2.24) is 9.97 Å². The number of nitrogens with zero attached hydrogens (tertiary/aromatic N) is 3. The molecule has 6 heteroatoms. The number of allylic oxidation sites excluding steroid dienone is 1. The van der Waals surface area contributed by atoms with Gasteiger partial charge in [0.25, 0.3) is 0 Å². The fourth-order valence-corrected chi connectivity index (χ4v) is 3.94. The van der Waals surface area contributed by atoms with Gasteiger partial charge in [0.05, 0.1) is 16.8 Å². The molecular weight excluding hydrogens is 409 g/mol. The second-order valence-electron chi connectivity index (χ2n) is 6.28. The number of hydrogen-bond donors (Lipinski definition) is 0. The summed E-state index contributed by atoms with van der Waals surface area (Å²) in [5.41, 5.74) is 4.84. The van der Waals surface area contributed by atoms with Crippen LogP contribution in [0, 0.1) is 18.3 Å². The van der Waals surface area contributed by atoms with Crippen LogP contribution in [0.5, 0.6) is 0 Å². The standard InChI is InChI=1S/C22H13Cl2N3S/c1-13-2-3-15-9-16(21(24)26-19(15)8-13)10-17(11-25)22-27-20(12-28-22)14-4-6-18(23)7-5-14/h2-10,12H,1H3/b17-10+. The minimum absolute atomic E-state index is 0.361. The molecule has 0 unspecified atom stereocenters. The highest BCUT2D eigenvalue weighted by Gasteiger charge is 2.11. The molecular formula is C22H13Cl2N3S. The predicted molar refractivity (Wildman–Crippen MR) is 118 cm³/mol. The zero-order chi connectivity index (χ0) is 19.7. The zero-order valence-electron chi connectivity index (χ0n) is 14.8. The Morgan fingerprint density at radius 3 is 2.61 bits per heavy atom. The number of thiazole rings is 1. The van der Waals surface area contributed by atoms with Gasteiger partial charge in [0.15, 0.2) is 0 Å². The molecule has 0 aliphatic carbocycles. The van der Waals surface area contributed by atoms with E-state index in [4.69, 9.17) is 23.2 Å². The van der Waals surface area contributed by atoms with Gasteiger partial charge in [0, 0.05) is 26.9 Å². The maximum atomic E-state index is 9.66. The molecule has 0 amide bonds. The number of halogens is 2. The van der Waals surface area contributed by atoms with Gasteiger partial charge in [-0.2, -0.15) is 5.26 Å². The number of hydrogen-bond acceptors (Lipinski definition) is 4. The third-order valence-electron chi connectivity index (χ3n) is 4.25. The Morgan fingerprint density at radius 2 is 1.86 bits per heavy atom. The van der Waals surface area contributed by atoms with E-state index in [1.807, 2.05) is 60.8 Å². The third kappa shape index (κ3) is 3.79. The van der Waals surface area contributed by atoms with Crippen molar-refractivity contribution in [3.63, 3.8) is 0 Å². The van der Waals surface area contributed by atoms with E-state index < -0.39 is 0 Å². The fraction of sp³-hybridized carbons (Fsp3) is 0.0455. The number of pyridine rings is 1. The SMILES string of the molecule is Cc1ccc2cc(/C=C(\C#N)c3nc(-c4ccc(Cl)cc4)cs3)c(Cl)nc2c1. The van der Waals surface area contributed by atoms with Gasteiger partial charge in [0.2, 0.25) is 0 Å². The summed E-state index contributed by atoms with van der Waals surface area (Å²) < 4.78 is 0. The highest BCUT2D eigenvalue weighted by Crippen LogP contribution is 2.30. The lowest BCUT2D eigenvalue weighted by molar-refractivity contribution is 1.36. The van der Waals surface area contributed by atoms with Crippen molar-refractivity contribution >= 4 is 57.1 Å². The molecule has 3 nitrogen and oxygen atoms in total. The molecule has 0 saturated carbocycles. The second-order valence-corrected chi connectivity index (χ2v) is 7.93. The van der Waals surface area contributed by atoms with Crippen LogP contribution in [0.4, 0.5) is 0 Å². The lowest BCUT2D eigenvalue weighted by Crippen LogP contribution is -1.88. The van der Waals surface area contributed by atoms with Crippen LogP contribution in [0.2, 0.25) is 10.2 Å². The van der Waals surface area contributed by atoms with Crippen LogP contribution in [0.3, 0.4) is 0 Å². The summed E-state index contributed by atoms with van der Waals surface area (Å²) in [6, 6.07) is 17.6. The van der Waals surface area contributed by atoms with Gasteiger partial charge < -0.3 is 0 Å². The lowest BCUT2D eigenvalue weighted by Gasteiger charge is -2.04. The molecule has 0 fully saturated rings. The van der Waals surface area contributed by atoms with Crippen LogP contribution in [-0.4, -0.2) is 9.97 Å². The first-order valence-corrected chi connectivity index (χ1v) is 10.1. The van der Waals surface area contributed by atoms with Crippen LogP contribution in [0.25, 0.3) is 33.8 Å². The van der Waals surface area contributed by atoms with Crippen molar-refractivity contribution in [2.45, 2.75) is 6.92 Å². The molecule has 0 aliphatic rings. The number of aryl methyl sites for hydroxylation is 1. The van der Waals surface area contributed by atoms with Crippen LogP contribution < -0.4 is 0 Å². The normalized spacial score (nSPS) is 11.6. The average molecular weight is 422 g/mol. The van der Waals surface area contributed by atoms with Crippen molar-refractivity contribution in [3.8, 4) is 17.3 Å². The zero-order valence-corrected chi connectivity index (χ0v) is 17.1. The molecule has 4 rings (SSSR count). The molecule has 0 atom stereocenters. The van der Waals surface area contributed by atoms with Gasteiger partial charge in [-0.25, -0.2) is 9.97 Å².